The van der Waals surface area contributed by atoms with Gasteiger partial charge < -0.3 is 9.64 Å². The first kappa shape index (κ1) is 13.4. The molecule has 1 aliphatic heterocycles. The summed E-state index contributed by atoms with van der Waals surface area (Å²) in [5.74, 6) is 2.18. The van der Waals surface area contributed by atoms with Crippen LogP contribution in [0.25, 0.3) is 0 Å². The van der Waals surface area contributed by atoms with Crippen LogP contribution in [0.4, 0.5) is 5.82 Å². The van der Waals surface area contributed by atoms with Gasteiger partial charge in [-0.15, -0.1) is 11.6 Å². The first-order chi connectivity index (χ1) is 8.83. The lowest BCUT2D eigenvalue weighted by molar-refractivity contribution is 0.271. The van der Waals surface area contributed by atoms with E-state index in [9.17, 15) is 0 Å². The molecule has 0 unspecified atom stereocenters. The lowest BCUT2D eigenvalue weighted by Gasteiger charge is -2.34. The van der Waals surface area contributed by atoms with Crippen LogP contribution >= 0.6 is 11.6 Å². The third kappa shape index (κ3) is 3.46. The molecule has 1 aromatic rings. The van der Waals surface area contributed by atoms with E-state index in [1.54, 1.807) is 12.4 Å². The van der Waals surface area contributed by atoms with E-state index in [0.29, 0.717) is 18.4 Å². The maximum absolute atomic E-state index is 5.75. The van der Waals surface area contributed by atoms with Crippen LogP contribution < -0.4 is 9.64 Å². The Morgan fingerprint density at radius 2 is 2.06 bits per heavy atom. The number of anilines is 1. The number of hydrogen-bond donors (Lipinski definition) is 0. The SMILES string of the molecule is CCOc1cncc(N2CCN(CCCl)CC2)n1. The number of alkyl halides is 1. The summed E-state index contributed by atoms with van der Waals surface area (Å²) in [6.07, 6.45) is 3.44. The summed E-state index contributed by atoms with van der Waals surface area (Å²) in [6.45, 7) is 7.48. The second-order valence-corrected chi connectivity index (χ2v) is 4.54. The van der Waals surface area contributed by atoms with Crippen LogP contribution in [0.3, 0.4) is 0 Å². The molecule has 2 rings (SSSR count). The van der Waals surface area contributed by atoms with Gasteiger partial charge in [-0.2, -0.15) is 4.98 Å². The molecule has 0 atom stereocenters. The van der Waals surface area contributed by atoms with Crippen LogP contribution in [0.15, 0.2) is 12.4 Å². The number of rotatable bonds is 5. The molecule has 0 spiro atoms. The highest BCUT2D eigenvalue weighted by molar-refractivity contribution is 6.18. The summed E-state index contributed by atoms with van der Waals surface area (Å²) in [5, 5.41) is 0. The number of hydrogen-bond acceptors (Lipinski definition) is 5. The molecule has 1 saturated heterocycles. The van der Waals surface area contributed by atoms with Crippen LogP contribution in [-0.4, -0.2) is 60.1 Å². The van der Waals surface area contributed by atoms with Gasteiger partial charge in [-0.1, -0.05) is 0 Å². The molecule has 0 aliphatic carbocycles. The fourth-order valence-corrected chi connectivity index (χ4v) is 2.27. The predicted octanol–water partition coefficient (Wildman–Crippen LogP) is 1.24. The highest BCUT2D eigenvalue weighted by Gasteiger charge is 2.18. The molecule has 0 N–H and O–H groups in total. The van der Waals surface area contributed by atoms with Crippen molar-refractivity contribution < 1.29 is 4.74 Å². The van der Waals surface area contributed by atoms with E-state index in [4.69, 9.17) is 16.3 Å². The Bertz CT molecular complexity index is 369. The van der Waals surface area contributed by atoms with E-state index in [1.807, 2.05) is 6.92 Å². The Kier molecular flexibility index (Phi) is 5.01. The summed E-state index contributed by atoms with van der Waals surface area (Å²) >= 11 is 5.75. The molecule has 5 nitrogen and oxygen atoms in total. The smallest absolute Gasteiger partial charge is 0.234 e. The summed E-state index contributed by atoms with van der Waals surface area (Å²) in [6, 6.07) is 0. The Balaban J connectivity index is 1.94. The Labute approximate surface area is 113 Å². The number of aromatic nitrogens is 2. The lowest BCUT2D eigenvalue weighted by Crippen LogP contribution is -2.47. The van der Waals surface area contributed by atoms with Crippen molar-refractivity contribution in [3.05, 3.63) is 12.4 Å². The van der Waals surface area contributed by atoms with Crippen molar-refractivity contribution in [2.45, 2.75) is 6.92 Å². The van der Waals surface area contributed by atoms with Crippen molar-refractivity contribution in [2.24, 2.45) is 0 Å². The second kappa shape index (κ2) is 6.75. The molecular weight excluding hydrogens is 252 g/mol. The van der Waals surface area contributed by atoms with Gasteiger partial charge in [-0.3, -0.25) is 9.88 Å². The number of nitrogens with zero attached hydrogens (tertiary/aromatic N) is 4. The van der Waals surface area contributed by atoms with Crippen LogP contribution in [0.1, 0.15) is 6.92 Å². The van der Waals surface area contributed by atoms with Crippen molar-refractivity contribution in [2.75, 3.05) is 50.1 Å². The molecule has 1 aliphatic rings. The molecular formula is C12H19ClN4O. The second-order valence-electron chi connectivity index (χ2n) is 4.17. The molecule has 0 bridgehead atoms. The molecule has 100 valence electrons. The van der Waals surface area contributed by atoms with Crippen LogP contribution in [0.5, 0.6) is 5.88 Å². The molecule has 2 heterocycles. The quantitative estimate of drug-likeness (QED) is 0.753. The van der Waals surface area contributed by atoms with Crippen molar-refractivity contribution in [1.82, 2.24) is 14.9 Å². The van der Waals surface area contributed by atoms with Crippen molar-refractivity contribution >= 4 is 17.4 Å². The van der Waals surface area contributed by atoms with E-state index in [0.717, 1.165) is 38.5 Å². The zero-order chi connectivity index (χ0) is 12.8. The topological polar surface area (TPSA) is 41.5 Å². The molecule has 0 radical (unpaired) electrons. The van der Waals surface area contributed by atoms with Crippen LogP contribution in [-0.2, 0) is 0 Å². The largest absolute Gasteiger partial charge is 0.477 e. The normalized spacial score (nSPS) is 16.9. The average Bonchev–Trinajstić information content (AvgIpc) is 2.41. The van der Waals surface area contributed by atoms with Crippen molar-refractivity contribution in [1.29, 1.82) is 0 Å². The molecule has 1 fully saturated rings. The van der Waals surface area contributed by atoms with Gasteiger partial charge in [0.2, 0.25) is 5.88 Å². The summed E-state index contributed by atoms with van der Waals surface area (Å²) in [4.78, 5) is 13.2. The van der Waals surface area contributed by atoms with Gasteiger partial charge in [0.1, 0.15) is 0 Å². The van der Waals surface area contributed by atoms with Crippen LogP contribution in [0.2, 0.25) is 0 Å². The third-order valence-electron chi connectivity index (χ3n) is 2.99. The predicted molar refractivity (Wildman–Crippen MR) is 72.6 cm³/mol. The monoisotopic (exact) mass is 270 g/mol. The van der Waals surface area contributed by atoms with Gasteiger partial charge in [0.05, 0.1) is 19.0 Å². The molecule has 0 saturated carbocycles. The maximum Gasteiger partial charge on any atom is 0.234 e. The minimum absolute atomic E-state index is 0.596. The highest BCUT2D eigenvalue weighted by Crippen LogP contribution is 2.15. The average molecular weight is 271 g/mol. The Morgan fingerprint density at radius 3 is 2.72 bits per heavy atom. The van der Waals surface area contributed by atoms with Crippen molar-refractivity contribution in [3.8, 4) is 5.88 Å². The minimum Gasteiger partial charge on any atom is -0.477 e. The first-order valence-electron chi connectivity index (χ1n) is 6.31. The Morgan fingerprint density at radius 1 is 1.28 bits per heavy atom. The number of halogens is 1. The molecule has 1 aromatic heterocycles. The molecule has 0 amide bonds. The zero-order valence-corrected chi connectivity index (χ0v) is 11.4. The van der Waals surface area contributed by atoms with Gasteiger partial charge in [0, 0.05) is 38.6 Å². The summed E-state index contributed by atoms with van der Waals surface area (Å²) in [7, 11) is 0. The fraction of sp³-hybridized carbons (Fsp3) is 0.667. The molecule has 0 aromatic carbocycles. The molecule has 18 heavy (non-hydrogen) atoms. The Hall–Kier alpha value is -1.07. The first-order valence-corrected chi connectivity index (χ1v) is 6.85. The van der Waals surface area contributed by atoms with E-state index >= 15 is 0 Å². The summed E-state index contributed by atoms with van der Waals surface area (Å²) in [5.41, 5.74) is 0. The maximum atomic E-state index is 5.75. The van der Waals surface area contributed by atoms with E-state index < -0.39 is 0 Å². The number of ether oxygens (including phenoxy) is 1. The van der Waals surface area contributed by atoms with Gasteiger partial charge in [0.15, 0.2) is 5.82 Å². The third-order valence-corrected chi connectivity index (χ3v) is 3.16. The number of piperazine rings is 1. The fourth-order valence-electron chi connectivity index (χ4n) is 2.03. The zero-order valence-electron chi connectivity index (χ0n) is 10.7. The van der Waals surface area contributed by atoms with E-state index in [2.05, 4.69) is 19.8 Å². The van der Waals surface area contributed by atoms with Crippen LogP contribution in [0, 0.1) is 0 Å². The minimum atomic E-state index is 0.596. The van der Waals surface area contributed by atoms with Gasteiger partial charge in [-0.25, -0.2) is 0 Å². The highest BCUT2D eigenvalue weighted by atomic mass is 35.5. The van der Waals surface area contributed by atoms with Crippen molar-refractivity contribution in [3.63, 3.8) is 0 Å². The lowest BCUT2D eigenvalue weighted by atomic mass is 10.3. The van der Waals surface area contributed by atoms with E-state index in [-0.39, 0.29) is 0 Å². The van der Waals surface area contributed by atoms with E-state index in [1.165, 1.54) is 0 Å². The summed E-state index contributed by atoms with van der Waals surface area (Å²) < 4.78 is 5.37. The standard InChI is InChI=1S/C12H19ClN4O/c1-2-18-12-10-14-9-11(15-12)17-7-5-16(4-3-13)6-8-17/h9-10H,2-8H2,1H3. The van der Waals surface area contributed by atoms with Gasteiger partial charge in [0.25, 0.3) is 0 Å². The van der Waals surface area contributed by atoms with Gasteiger partial charge in [-0.05, 0) is 6.92 Å². The van der Waals surface area contributed by atoms with Gasteiger partial charge >= 0.3 is 0 Å². The molecule has 6 heteroatoms.